The monoisotopic (exact) mass is 471 g/mol. The largest absolute Gasteiger partial charge is 0.508 e. The summed E-state index contributed by atoms with van der Waals surface area (Å²) in [5, 5.41) is 22.9. The summed E-state index contributed by atoms with van der Waals surface area (Å²) < 4.78 is 6.47. The number of rotatable bonds is 9. The number of phenolic OH excluding ortho intramolecular Hbond substituents is 1. The molecule has 3 atom stereocenters. The molecule has 1 heterocycles. The van der Waals surface area contributed by atoms with Gasteiger partial charge in [0.25, 0.3) is 0 Å². The Morgan fingerprint density at radius 1 is 1.24 bits per heavy atom. The van der Waals surface area contributed by atoms with E-state index >= 15 is 0 Å². The number of amides is 1. The molecule has 1 unspecified atom stereocenters. The van der Waals surface area contributed by atoms with Crippen LogP contribution in [-0.4, -0.2) is 33.7 Å². The first-order chi connectivity index (χ1) is 15.9. The topological polar surface area (TPSA) is 95.9 Å². The molecule has 0 saturated carbocycles. The van der Waals surface area contributed by atoms with Gasteiger partial charge in [0.15, 0.2) is 0 Å². The van der Waals surface area contributed by atoms with Crippen LogP contribution in [0.15, 0.2) is 23.8 Å². The minimum atomic E-state index is -1.07. The van der Waals surface area contributed by atoms with E-state index in [4.69, 9.17) is 9.84 Å². The second kappa shape index (κ2) is 10.0. The molecule has 0 bridgehead atoms. The van der Waals surface area contributed by atoms with Crippen molar-refractivity contribution in [2.24, 2.45) is 5.92 Å². The van der Waals surface area contributed by atoms with E-state index in [1.165, 1.54) is 26.2 Å². The lowest BCUT2D eigenvalue weighted by molar-refractivity contribution is -0.140. The summed E-state index contributed by atoms with van der Waals surface area (Å²) in [7, 11) is 0. The highest BCUT2D eigenvalue weighted by Crippen LogP contribution is 2.55. The van der Waals surface area contributed by atoms with Crippen LogP contribution in [0, 0.1) is 5.92 Å². The maximum atomic E-state index is 12.7. The molecule has 2 aliphatic rings. The van der Waals surface area contributed by atoms with Gasteiger partial charge in [-0.3, -0.25) is 9.59 Å². The molecular weight excluding hydrogens is 430 g/mol. The number of nitrogens with one attached hydrogen (secondary N) is 1. The van der Waals surface area contributed by atoms with Crippen LogP contribution in [-0.2, 0) is 15.0 Å². The van der Waals surface area contributed by atoms with E-state index < -0.39 is 17.6 Å². The fraction of sp³-hybridized carbons (Fsp3) is 0.643. The number of phenols is 1. The van der Waals surface area contributed by atoms with Crippen molar-refractivity contribution in [3.05, 3.63) is 34.9 Å². The lowest BCUT2D eigenvalue weighted by Crippen LogP contribution is -2.47. The molecule has 6 heteroatoms. The Morgan fingerprint density at radius 3 is 2.59 bits per heavy atom. The van der Waals surface area contributed by atoms with Crippen LogP contribution in [0.3, 0.4) is 0 Å². The summed E-state index contributed by atoms with van der Waals surface area (Å²) in [6.07, 6.45) is 8.80. The van der Waals surface area contributed by atoms with Gasteiger partial charge in [-0.25, -0.2) is 0 Å². The molecule has 6 nitrogen and oxygen atoms in total. The summed E-state index contributed by atoms with van der Waals surface area (Å²) in [5.41, 5.74) is 1.85. The summed E-state index contributed by atoms with van der Waals surface area (Å²) in [5.74, 6) is -0.478. The lowest BCUT2D eigenvalue weighted by Gasteiger charge is -2.47. The number of benzene rings is 1. The number of hydrogen-bond acceptors (Lipinski definition) is 4. The number of carbonyl (C=O) groups excluding carboxylic acids is 1. The van der Waals surface area contributed by atoms with Crippen LogP contribution in [0.1, 0.15) is 104 Å². The Morgan fingerprint density at radius 2 is 1.94 bits per heavy atom. The fourth-order valence-electron chi connectivity index (χ4n) is 5.46. The number of hydrogen-bond donors (Lipinski definition) is 3. The van der Waals surface area contributed by atoms with Crippen molar-refractivity contribution in [3.63, 3.8) is 0 Å². The molecule has 3 rings (SSSR count). The van der Waals surface area contributed by atoms with Crippen molar-refractivity contribution >= 4 is 11.9 Å². The van der Waals surface area contributed by atoms with Crippen molar-refractivity contribution in [2.75, 3.05) is 0 Å². The molecule has 188 valence electrons. The number of carbonyl (C=O) groups is 2. The molecular formula is C28H41NO5. The van der Waals surface area contributed by atoms with Crippen LogP contribution in [0.2, 0.25) is 0 Å². The standard InChI is InChI=1S/C28H41NO5/c1-7-8-9-10-13-27(3,4)19-15-22(30)24-20-14-18(25(31)29-17(2)26(32)33)11-12-21(20)28(5,6)34-23(24)16-19/h11,15-17,20-21,30H,7-10,12-14H2,1-6H3,(H,29,31)(H,32,33)/t17?,20-,21-/m1/s1. The molecule has 1 amide bonds. The van der Waals surface area contributed by atoms with Crippen molar-refractivity contribution in [3.8, 4) is 11.5 Å². The number of unbranched alkanes of at least 4 members (excludes halogenated alkanes) is 3. The van der Waals surface area contributed by atoms with E-state index in [1.54, 1.807) is 0 Å². The van der Waals surface area contributed by atoms with Crippen molar-refractivity contribution in [1.29, 1.82) is 0 Å². The van der Waals surface area contributed by atoms with Gasteiger partial charge in [0.1, 0.15) is 23.1 Å². The third-order valence-corrected chi connectivity index (χ3v) is 7.75. The first-order valence-corrected chi connectivity index (χ1v) is 12.7. The predicted molar refractivity (Wildman–Crippen MR) is 133 cm³/mol. The first-order valence-electron chi connectivity index (χ1n) is 12.7. The predicted octanol–water partition coefficient (Wildman–Crippen LogP) is 5.82. The van der Waals surface area contributed by atoms with Gasteiger partial charge in [0.2, 0.25) is 5.91 Å². The number of allylic oxidation sites excluding steroid dienone is 1. The molecule has 1 aromatic rings. The van der Waals surface area contributed by atoms with Crippen LogP contribution < -0.4 is 10.1 Å². The van der Waals surface area contributed by atoms with Gasteiger partial charge >= 0.3 is 5.97 Å². The third kappa shape index (κ3) is 5.42. The number of fused-ring (bicyclic) bond motifs is 3. The van der Waals surface area contributed by atoms with Crippen molar-refractivity contribution in [1.82, 2.24) is 5.32 Å². The molecule has 1 aromatic carbocycles. The lowest BCUT2D eigenvalue weighted by atomic mass is 9.66. The highest BCUT2D eigenvalue weighted by Gasteiger charge is 2.47. The zero-order valence-electron chi connectivity index (χ0n) is 21.5. The normalized spacial score (nSPS) is 22.0. The average Bonchev–Trinajstić information content (AvgIpc) is 2.75. The van der Waals surface area contributed by atoms with Gasteiger partial charge < -0.3 is 20.3 Å². The Balaban J connectivity index is 1.90. The highest BCUT2D eigenvalue weighted by molar-refractivity contribution is 5.96. The average molecular weight is 472 g/mol. The van der Waals surface area contributed by atoms with E-state index in [0.717, 1.165) is 24.0 Å². The molecule has 0 saturated heterocycles. The van der Waals surface area contributed by atoms with Crippen molar-refractivity contribution in [2.45, 2.75) is 109 Å². The molecule has 34 heavy (non-hydrogen) atoms. The van der Waals surface area contributed by atoms with Crippen LogP contribution in [0.4, 0.5) is 0 Å². The number of aromatic hydroxyl groups is 1. The molecule has 1 aliphatic heterocycles. The summed E-state index contributed by atoms with van der Waals surface area (Å²) in [6.45, 7) is 12.2. The van der Waals surface area contributed by atoms with Gasteiger partial charge in [0.05, 0.1) is 0 Å². The van der Waals surface area contributed by atoms with Crippen LogP contribution >= 0.6 is 0 Å². The van der Waals surface area contributed by atoms with Gasteiger partial charge in [0, 0.05) is 23.0 Å². The fourth-order valence-corrected chi connectivity index (χ4v) is 5.46. The minimum Gasteiger partial charge on any atom is -0.508 e. The number of ether oxygens (including phenoxy) is 1. The van der Waals surface area contributed by atoms with E-state index in [1.807, 2.05) is 12.1 Å². The SMILES string of the molecule is CCCCCCC(C)(C)c1cc(O)c2c(c1)OC(C)(C)[C@@H]1CC=C(C(=O)NC(C)C(=O)O)C[C@@H]21. The molecule has 0 radical (unpaired) electrons. The molecule has 1 aliphatic carbocycles. The maximum absolute atomic E-state index is 12.7. The summed E-state index contributed by atoms with van der Waals surface area (Å²) >= 11 is 0. The van der Waals surface area contributed by atoms with E-state index in [9.17, 15) is 14.7 Å². The Labute approximate surface area is 203 Å². The zero-order valence-corrected chi connectivity index (χ0v) is 21.5. The van der Waals surface area contributed by atoms with Gasteiger partial charge in [-0.2, -0.15) is 0 Å². The number of carboxylic acids is 1. The molecule has 3 N–H and O–H groups in total. The van der Waals surface area contributed by atoms with Crippen molar-refractivity contribution < 1.29 is 24.5 Å². The first kappa shape index (κ1) is 26.1. The maximum Gasteiger partial charge on any atom is 0.325 e. The summed E-state index contributed by atoms with van der Waals surface area (Å²) in [4.78, 5) is 23.9. The minimum absolute atomic E-state index is 0.0775. The highest BCUT2D eigenvalue weighted by atomic mass is 16.5. The molecule has 0 aromatic heterocycles. The second-order valence-corrected chi connectivity index (χ2v) is 11.2. The van der Waals surface area contributed by atoms with E-state index in [0.29, 0.717) is 24.2 Å². The quantitative estimate of drug-likeness (QED) is 0.394. The van der Waals surface area contributed by atoms with Gasteiger partial charge in [-0.1, -0.05) is 52.5 Å². The zero-order chi connectivity index (χ0) is 25.3. The third-order valence-electron chi connectivity index (χ3n) is 7.75. The number of aliphatic carboxylic acids is 1. The van der Waals surface area contributed by atoms with Gasteiger partial charge in [-0.15, -0.1) is 0 Å². The van der Waals surface area contributed by atoms with Crippen LogP contribution in [0.25, 0.3) is 0 Å². The molecule has 0 fully saturated rings. The number of carboxylic acid groups (broad SMARTS) is 1. The van der Waals surface area contributed by atoms with E-state index in [2.05, 4.69) is 46.0 Å². The Kier molecular flexibility index (Phi) is 7.69. The Hall–Kier alpha value is -2.50. The van der Waals surface area contributed by atoms with Gasteiger partial charge in [-0.05, 0) is 63.1 Å². The second-order valence-electron chi connectivity index (χ2n) is 11.2. The van der Waals surface area contributed by atoms with Crippen LogP contribution in [0.5, 0.6) is 11.5 Å². The summed E-state index contributed by atoms with van der Waals surface area (Å²) in [6, 6.07) is 3.00. The smallest absolute Gasteiger partial charge is 0.325 e. The Bertz CT molecular complexity index is 962. The molecule has 0 spiro atoms. The van der Waals surface area contributed by atoms with E-state index in [-0.39, 0.29) is 28.9 Å².